The molecule has 0 radical (unpaired) electrons. The highest BCUT2D eigenvalue weighted by atomic mass is 79.9. The van der Waals surface area contributed by atoms with Gasteiger partial charge in [0.05, 0.1) is 10.6 Å². The Balaban J connectivity index is 2.44. The molecule has 3 nitrogen and oxygen atoms in total. The first-order valence-electron chi connectivity index (χ1n) is 5.56. The third kappa shape index (κ3) is 3.08. The molecule has 0 aliphatic heterocycles. The molecule has 0 heterocycles. The maximum atomic E-state index is 7.58. The normalized spacial score (nSPS) is 10.3. The van der Waals surface area contributed by atoms with Crippen molar-refractivity contribution >= 4 is 33.4 Å². The summed E-state index contributed by atoms with van der Waals surface area (Å²) in [5.74, 6) is 1.06. The van der Waals surface area contributed by atoms with E-state index in [9.17, 15) is 0 Å². The maximum Gasteiger partial charge on any atom is 0.139 e. The summed E-state index contributed by atoms with van der Waals surface area (Å²) < 4.78 is 6.79. The summed E-state index contributed by atoms with van der Waals surface area (Å²) >= 11 is 9.45. The van der Waals surface area contributed by atoms with Gasteiger partial charge in [-0.3, -0.25) is 5.41 Å². The predicted molar refractivity (Wildman–Crippen MR) is 81.4 cm³/mol. The number of nitrogen functional groups attached to an aromatic ring is 1. The number of nitrogens with two attached hydrogens (primary N) is 1. The van der Waals surface area contributed by atoms with Crippen LogP contribution in [0.3, 0.4) is 0 Å². The van der Waals surface area contributed by atoms with Crippen LogP contribution in [0.4, 0.5) is 0 Å². The van der Waals surface area contributed by atoms with Gasteiger partial charge in [-0.25, -0.2) is 0 Å². The highest BCUT2D eigenvalue weighted by Gasteiger charge is 2.12. The molecule has 0 amide bonds. The molecule has 0 aliphatic rings. The second-order valence-electron chi connectivity index (χ2n) is 4.04. The molecule has 2 aromatic rings. The van der Waals surface area contributed by atoms with E-state index >= 15 is 0 Å². The molecule has 0 aromatic heterocycles. The quantitative estimate of drug-likeness (QED) is 0.639. The Kier molecular flexibility index (Phi) is 4.12. The lowest BCUT2D eigenvalue weighted by atomic mass is 10.1. The molecule has 0 unspecified atom stereocenters. The Hall–Kier alpha value is -1.52. The number of rotatable bonds is 3. The minimum Gasteiger partial charge on any atom is -0.456 e. The van der Waals surface area contributed by atoms with Gasteiger partial charge in [0.25, 0.3) is 0 Å². The molecular formula is C14H12BrClN2O. The van der Waals surface area contributed by atoms with Crippen LogP contribution < -0.4 is 10.5 Å². The van der Waals surface area contributed by atoms with Crippen molar-refractivity contribution in [3.05, 3.63) is 57.0 Å². The smallest absolute Gasteiger partial charge is 0.139 e. The highest BCUT2D eigenvalue weighted by molar-refractivity contribution is 9.10. The van der Waals surface area contributed by atoms with Gasteiger partial charge in [-0.1, -0.05) is 33.6 Å². The molecule has 98 valence electrons. The minimum absolute atomic E-state index is 0.115. The molecule has 0 atom stereocenters. The highest BCUT2D eigenvalue weighted by Crippen LogP contribution is 2.32. The van der Waals surface area contributed by atoms with Gasteiger partial charge in [0.2, 0.25) is 0 Å². The van der Waals surface area contributed by atoms with E-state index in [0.717, 1.165) is 10.0 Å². The van der Waals surface area contributed by atoms with Crippen molar-refractivity contribution < 1.29 is 4.74 Å². The van der Waals surface area contributed by atoms with E-state index in [2.05, 4.69) is 15.9 Å². The number of halogens is 2. The maximum absolute atomic E-state index is 7.58. The van der Waals surface area contributed by atoms with E-state index in [1.807, 2.05) is 25.1 Å². The summed E-state index contributed by atoms with van der Waals surface area (Å²) in [7, 11) is 0. The lowest BCUT2D eigenvalue weighted by Crippen LogP contribution is -2.13. The van der Waals surface area contributed by atoms with Crippen LogP contribution in [0.1, 0.15) is 11.1 Å². The number of amidine groups is 1. The number of hydrogen-bond donors (Lipinski definition) is 2. The Morgan fingerprint density at radius 1 is 1.26 bits per heavy atom. The Bertz CT molecular complexity index is 643. The minimum atomic E-state index is -0.115. The number of benzene rings is 2. The van der Waals surface area contributed by atoms with E-state index < -0.39 is 0 Å². The fourth-order valence-electron chi connectivity index (χ4n) is 1.70. The topological polar surface area (TPSA) is 59.1 Å². The second-order valence-corrected chi connectivity index (χ2v) is 5.36. The van der Waals surface area contributed by atoms with Crippen molar-refractivity contribution in [2.45, 2.75) is 6.92 Å². The third-order valence-corrected chi connectivity index (χ3v) is 3.41. The first-order valence-corrected chi connectivity index (χ1v) is 6.73. The van der Waals surface area contributed by atoms with Crippen LogP contribution >= 0.6 is 27.5 Å². The molecule has 19 heavy (non-hydrogen) atoms. The van der Waals surface area contributed by atoms with Gasteiger partial charge in [-0.2, -0.15) is 0 Å². The fraction of sp³-hybridized carbons (Fsp3) is 0.0714. The average molecular weight is 340 g/mol. The van der Waals surface area contributed by atoms with Crippen LogP contribution in [0.5, 0.6) is 11.5 Å². The van der Waals surface area contributed by atoms with Crippen molar-refractivity contribution in [2.24, 2.45) is 5.73 Å². The molecule has 2 aromatic carbocycles. The molecule has 5 heteroatoms. The van der Waals surface area contributed by atoms with Crippen molar-refractivity contribution in [3.8, 4) is 11.5 Å². The summed E-state index contributed by atoms with van der Waals surface area (Å²) in [5, 5.41) is 7.98. The van der Waals surface area contributed by atoms with Crippen molar-refractivity contribution in [2.75, 3.05) is 0 Å². The van der Waals surface area contributed by atoms with Crippen molar-refractivity contribution in [1.29, 1.82) is 5.41 Å². The number of hydrogen-bond acceptors (Lipinski definition) is 2. The lowest BCUT2D eigenvalue weighted by molar-refractivity contribution is 0.477. The van der Waals surface area contributed by atoms with E-state index in [1.165, 1.54) is 0 Å². The number of ether oxygens (including phenoxy) is 1. The van der Waals surface area contributed by atoms with E-state index in [1.54, 1.807) is 18.2 Å². The van der Waals surface area contributed by atoms with E-state index in [4.69, 9.17) is 27.5 Å². The Morgan fingerprint density at radius 3 is 2.63 bits per heavy atom. The molecule has 0 fully saturated rings. The zero-order chi connectivity index (χ0) is 14.0. The number of aryl methyl sites for hydroxylation is 1. The zero-order valence-corrected chi connectivity index (χ0v) is 12.5. The monoisotopic (exact) mass is 338 g/mol. The van der Waals surface area contributed by atoms with Crippen LogP contribution in [0.2, 0.25) is 5.02 Å². The van der Waals surface area contributed by atoms with Crippen molar-refractivity contribution in [1.82, 2.24) is 0 Å². The van der Waals surface area contributed by atoms with E-state index in [0.29, 0.717) is 22.1 Å². The summed E-state index contributed by atoms with van der Waals surface area (Å²) in [4.78, 5) is 0. The van der Waals surface area contributed by atoms with Gasteiger partial charge < -0.3 is 10.5 Å². The van der Waals surface area contributed by atoms with Gasteiger partial charge >= 0.3 is 0 Å². The summed E-state index contributed by atoms with van der Waals surface area (Å²) in [6.45, 7) is 1.94. The molecule has 3 N–H and O–H groups in total. The van der Waals surface area contributed by atoms with Gasteiger partial charge in [0.15, 0.2) is 0 Å². The fourth-order valence-corrected chi connectivity index (χ4v) is 2.44. The molecule has 0 aliphatic carbocycles. The third-order valence-electron chi connectivity index (χ3n) is 2.60. The van der Waals surface area contributed by atoms with Crippen LogP contribution in [-0.2, 0) is 0 Å². The molecule has 0 saturated heterocycles. The van der Waals surface area contributed by atoms with Crippen LogP contribution in [0.15, 0.2) is 40.9 Å². The predicted octanol–water partition coefficient (Wildman–Crippen LogP) is 4.49. The Morgan fingerprint density at radius 2 is 2.00 bits per heavy atom. The summed E-state index contributed by atoms with van der Waals surface area (Å²) in [5.41, 5.74) is 6.93. The number of nitrogens with one attached hydrogen (secondary N) is 1. The summed E-state index contributed by atoms with van der Waals surface area (Å²) in [6, 6.07) is 10.9. The average Bonchev–Trinajstić information content (AvgIpc) is 2.32. The SMILES string of the molecule is Cc1cc(Br)ccc1Oc1cccc(Cl)c1C(=N)N. The first-order chi connectivity index (χ1) is 8.99. The summed E-state index contributed by atoms with van der Waals surface area (Å²) in [6.07, 6.45) is 0. The molecule has 2 rings (SSSR count). The van der Waals surface area contributed by atoms with Crippen LogP contribution in [-0.4, -0.2) is 5.84 Å². The van der Waals surface area contributed by atoms with Gasteiger partial charge in [0, 0.05) is 4.47 Å². The molecular weight excluding hydrogens is 328 g/mol. The Labute approximate surface area is 125 Å². The molecule has 0 spiro atoms. The van der Waals surface area contributed by atoms with E-state index in [-0.39, 0.29) is 5.84 Å². The van der Waals surface area contributed by atoms with Crippen molar-refractivity contribution in [3.63, 3.8) is 0 Å². The first kappa shape index (κ1) is 13.9. The molecule has 0 saturated carbocycles. The van der Waals surface area contributed by atoms with Gasteiger partial charge in [-0.15, -0.1) is 0 Å². The van der Waals surface area contributed by atoms with Crippen LogP contribution in [0.25, 0.3) is 0 Å². The molecule has 0 bridgehead atoms. The van der Waals surface area contributed by atoms with Gasteiger partial charge in [-0.05, 0) is 42.8 Å². The second kappa shape index (κ2) is 5.63. The largest absolute Gasteiger partial charge is 0.456 e. The van der Waals surface area contributed by atoms with Gasteiger partial charge in [0.1, 0.15) is 17.3 Å². The standard InChI is InChI=1S/C14H12BrClN2O/c1-8-7-9(15)5-6-11(8)19-12-4-2-3-10(16)13(12)14(17)18/h2-7H,1H3,(H3,17,18). The lowest BCUT2D eigenvalue weighted by Gasteiger charge is -2.13. The zero-order valence-electron chi connectivity index (χ0n) is 10.2. The van der Waals surface area contributed by atoms with Crippen LogP contribution in [0, 0.1) is 12.3 Å².